The Hall–Kier alpha value is -4.21. The third-order valence-electron chi connectivity index (χ3n) is 5.34. The van der Waals surface area contributed by atoms with Crippen LogP contribution < -0.4 is 0 Å². The van der Waals surface area contributed by atoms with E-state index < -0.39 is 10.1 Å². The molecule has 0 aromatic carbocycles. The molecule has 0 radical (unpaired) electrons. The van der Waals surface area contributed by atoms with E-state index in [2.05, 4.69) is 19.9 Å². The number of H-pyrrole nitrogens is 2. The van der Waals surface area contributed by atoms with Crippen molar-refractivity contribution in [2.45, 2.75) is 4.90 Å². The zero-order valence-corrected chi connectivity index (χ0v) is 17.8. The summed E-state index contributed by atoms with van der Waals surface area (Å²) < 4.78 is 40.5. The van der Waals surface area contributed by atoms with Crippen molar-refractivity contribution in [2.75, 3.05) is 0 Å². The van der Waals surface area contributed by atoms with Gasteiger partial charge in [0, 0.05) is 16.6 Å². The average molecular weight is 456 g/mol. The molecule has 0 amide bonds. The summed E-state index contributed by atoms with van der Waals surface area (Å²) in [5.74, 6) is 0.540. The van der Waals surface area contributed by atoms with Gasteiger partial charge in [0.2, 0.25) is 0 Å². The predicted molar refractivity (Wildman–Crippen MR) is 126 cm³/mol. The largest absolute Gasteiger partial charge is 0.464 e. The van der Waals surface area contributed by atoms with E-state index in [-0.39, 0.29) is 16.1 Å². The molecule has 6 heterocycles. The van der Waals surface area contributed by atoms with Crippen molar-refractivity contribution in [3.63, 3.8) is 0 Å². The minimum absolute atomic E-state index is 0.127. The zero-order chi connectivity index (χ0) is 22.6. The number of hydrogen-bond donors (Lipinski definition) is 3. The van der Waals surface area contributed by atoms with Crippen LogP contribution in [0.25, 0.3) is 57.7 Å². The van der Waals surface area contributed by atoms with Crippen LogP contribution in [-0.4, -0.2) is 32.9 Å². The molecule has 33 heavy (non-hydrogen) atoms. The Kier molecular flexibility index (Phi) is 4.22. The molecule has 3 N–H and O–H groups in total. The molecule has 4 aromatic rings. The lowest BCUT2D eigenvalue weighted by Gasteiger charge is -1.98. The molecule has 2 aliphatic rings. The second-order valence-electron chi connectivity index (χ2n) is 7.64. The summed E-state index contributed by atoms with van der Waals surface area (Å²) in [7, 11) is -4.62. The molecule has 0 aliphatic carbocycles. The molecular weight excluding hydrogens is 440 g/mol. The summed E-state index contributed by atoms with van der Waals surface area (Å²) >= 11 is 0. The third kappa shape index (κ3) is 3.59. The predicted octanol–water partition coefficient (Wildman–Crippen LogP) is 5.16. The van der Waals surface area contributed by atoms with Crippen molar-refractivity contribution in [2.24, 2.45) is 0 Å². The van der Waals surface area contributed by atoms with Gasteiger partial charge in [0.05, 0.1) is 40.1 Å². The van der Waals surface area contributed by atoms with Crippen LogP contribution in [0.2, 0.25) is 0 Å². The highest BCUT2D eigenvalue weighted by molar-refractivity contribution is 7.86. The van der Waals surface area contributed by atoms with Gasteiger partial charge in [-0.25, -0.2) is 9.97 Å². The topological polar surface area (TPSA) is 125 Å². The number of furan rings is 1. The van der Waals surface area contributed by atoms with Crippen molar-refractivity contribution in [3.8, 4) is 11.3 Å². The van der Waals surface area contributed by atoms with E-state index in [4.69, 9.17) is 4.42 Å². The lowest BCUT2D eigenvalue weighted by molar-refractivity contribution is 0.483. The van der Waals surface area contributed by atoms with Crippen molar-refractivity contribution < 1.29 is 17.4 Å². The van der Waals surface area contributed by atoms with Gasteiger partial charge < -0.3 is 14.4 Å². The van der Waals surface area contributed by atoms with Crippen LogP contribution in [0.15, 0.2) is 64.1 Å². The molecule has 8 bridgehead atoms. The molecule has 6 rings (SSSR count). The molecule has 0 spiro atoms. The second-order valence-corrected chi connectivity index (χ2v) is 9.00. The molecule has 2 aliphatic heterocycles. The number of rotatable bonds is 2. The quantitative estimate of drug-likeness (QED) is 0.309. The first-order chi connectivity index (χ1) is 15.9. The van der Waals surface area contributed by atoms with Crippen LogP contribution in [-0.2, 0) is 10.1 Å². The lowest BCUT2D eigenvalue weighted by atomic mass is 10.2. The molecule has 0 unspecified atom stereocenters. The van der Waals surface area contributed by atoms with Crippen LogP contribution in [0, 0.1) is 0 Å². The molecule has 0 atom stereocenters. The van der Waals surface area contributed by atoms with Crippen molar-refractivity contribution in [3.05, 3.63) is 77.6 Å². The van der Waals surface area contributed by atoms with Gasteiger partial charge in [-0.05, 0) is 72.8 Å². The molecule has 9 heteroatoms. The van der Waals surface area contributed by atoms with Gasteiger partial charge in [-0.2, -0.15) is 8.42 Å². The van der Waals surface area contributed by atoms with Crippen molar-refractivity contribution in [1.29, 1.82) is 0 Å². The fourth-order valence-electron chi connectivity index (χ4n) is 3.96. The second kappa shape index (κ2) is 7.16. The lowest BCUT2D eigenvalue weighted by Crippen LogP contribution is -2.01. The van der Waals surface area contributed by atoms with Crippen molar-refractivity contribution >= 4 is 56.5 Å². The highest BCUT2D eigenvalue weighted by atomic mass is 32.2. The minimum Gasteiger partial charge on any atom is -0.464 e. The Morgan fingerprint density at radius 2 is 1.48 bits per heavy atom. The molecule has 4 aromatic heterocycles. The first kappa shape index (κ1) is 19.5. The number of aromatic amines is 2. The molecule has 0 saturated heterocycles. The minimum atomic E-state index is -4.62. The van der Waals surface area contributed by atoms with Crippen molar-refractivity contribution in [1.82, 2.24) is 19.9 Å². The molecule has 0 saturated carbocycles. The number of aromatic nitrogens is 4. The Balaban J connectivity index is 1.79. The Morgan fingerprint density at radius 1 is 0.788 bits per heavy atom. The summed E-state index contributed by atoms with van der Waals surface area (Å²) in [6, 6.07) is 14.5. The van der Waals surface area contributed by atoms with Gasteiger partial charge in [-0.1, -0.05) is 0 Å². The summed E-state index contributed by atoms with van der Waals surface area (Å²) in [5, 5.41) is 0. The number of nitrogens with zero attached hydrogens (tertiary/aromatic N) is 2. The first-order valence-corrected chi connectivity index (χ1v) is 11.5. The summed E-state index contributed by atoms with van der Waals surface area (Å²) in [4.78, 5) is 15.1. The van der Waals surface area contributed by atoms with E-state index in [0.29, 0.717) is 28.2 Å². The van der Waals surface area contributed by atoms with Gasteiger partial charge in [0.1, 0.15) is 10.7 Å². The van der Waals surface area contributed by atoms with E-state index in [0.717, 1.165) is 16.7 Å². The highest BCUT2D eigenvalue weighted by Gasteiger charge is 2.21. The normalized spacial score (nSPS) is 13.0. The Morgan fingerprint density at radius 3 is 2.18 bits per heavy atom. The van der Waals surface area contributed by atoms with E-state index >= 15 is 0 Å². The van der Waals surface area contributed by atoms with Crippen LogP contribution in [0.3, 0.4) is 0 Å². The Labute approximate surface area is 187 Å². The summed E-state index contributed by atoms with van der Waals surface area (Å²) in [6.45, 7) is 0. The third-order valence-corrected chi connectivity index (χ3v) is 6.29. The van der Waals surface area contributed by atoms with Gasteiger partial charge >= 0.3 is 0 Å². The highest BCUT2D eigenvalue weighted by Crippen LogP contribution is 2.31. The SMILES string of the molecule is O=S(=O)(O)c1c2nc(cc3ccc(cc4nc(cc5[nH]c1cc5-c1ccco1)C=C4)[nH]3)C=C2. The first-order valence-electron chi connectivity index (χ1n) is 10.1. The standard InChI is InChI=1S/C24H16N4O4S/c29-33(30,31)24-20-8-7-17(27-20)11-16-4-3-14(25-16)10-15-5-6-18(26-15)12-21-19(13-22(24)28-21)23-2-1-9-32-23/h1-13,25,28H,(H,29,30,31). The van der Waals surface area contributed by atoms with Crippen LogP contribution >= 0.6 is 0 Å². The van der Waals surface area contributed by atoms with Crippen LogP contribution in [0.5, 0.6) is 0 Å². The molecular formula is C24H16N4O4S. The molecule has 8 nitrogen and oxygen atoms in total. The molecule has 162 valence electrons. The monoisotopic (exact) mass is 456 g/mol. The number of nitrogens with one attached hydrogen (secondary N) is 2. The maximum Gasteiger partial charge on any atom is 0.298 e. The van der Waals surface area contributed by atoms with Gasteiger partial charge in [0.15, 0.2) is 0 Å². The van der Waals surface area contributed by atoms with E-state index in [1.807, 2.05) is 30.4 Å². The van der Waals surface area contributed by atoms with Gasteiger partial charge in [-0.15, -0.1) is 0 Å². The number of fused-ring (bicyclic) bond motifs is 8. The van der Waals surface area contributed by atoms with E-state index in [9.17, 15) is 13.0 Å². The smallest absolute Gasteiger partial charge is 0.298 e. The molecule has 0 fully saturated rings. The van der Waals surface area contributed by atoms with Gasteiger partial charge in [0.25, 0.3) is 10.1 Å². The van der Waals surface area contributed by atoms with Crippen LogP contribution in [0.4, 0.5) is 0 Å². The average Bonchev–Trinajstić information content (AvgIpc) is 3.55. The van der Waals surface area contributed by atoms with Gasteiger partial charge in [-0.3, -0.25) is 4.55 Å². The Bertz CT molecular complexity index is 1740. The number of hydrogen-bond acceptors (Lipinski definition) is 5. The fraction of sp³-hybridized carbons (Fsp3) is 0. The maximum atomic E-state index is 12.4. The van der Waals surface area contributed by atoms with E-state index in [1.165, 1.54) is 6.26 Å². The maximum absolute atomic E-state index is 12.4. The summed E-state index contributed by atoms with van der Waals surface area (Å²) in [6.07, 6.45) is 8.55. The fourth-order valence-corrected chi connectivity index (χ4v) is 4.72. The van der Waals surface area contributed by atoms with Crippen LogP contribution in [0.1, 0.15) is 22.8 Å². The van der Waals surface area contributed by atoms with E-state index in [1.54, 1.807) is 42.5 Å². The summed E-state index contributed by atoms with van der Waals surface area (Å²) in [5.41, 5.74) is 5.18. The zero-order valence-electron chi connectivity index (χ0n) is 17.0.